The third-order valence-electron chi connectivity index (χ3n) is 4.77. The van der Waals surface area contributed by atoms with Crippen molar-refractivity contribution in [2.75, 3.05) is 6.54 Å². The van der Waals surface area contributed by atoms with Crippen LogP contribution >= 0.6 is 0 Å². The topological polar surface area (TPSA) is 83.6 Å². The number of hydrogen-bond acceptors (Lipinski definition) is 4. The molecule has 1 atom stereocenters. The van der Waals surface area contributed by atoms with Crippen molar-refractivity contribution < 1.29 is 19.1 Å². The minimum Gasteiger partial charge on any atom is -0.481 e. The number of furan rings is 1. The number of carbonyl (C=O) groups is 2. The zero-order chi connectivity index (χ0) is 18.1. The van der Waals surface area contributed by atoms with Gasteiger partial charge in [0, 0.05) is 18.0 Å². The molecule has 6 nitrogen and oxygen atoms in total. The second-order valence-corrected chi connectivity index (χ2v) is 6.44. The molecular formula is C20H18N2O4. The van der Waals surface area contributed by atoms with Crippen LogP contribution in [-0.4, -0.2) is 39.5 Å². The lowest BCUT2D eigenvalue weighted by Crippen LogP contribution is -2.37. The maximum atomic E-state index is 13.2. The third-order valence-corrected chi connectivity index (χ3v) is 4.77. The molecule has 1 aromatic carbocycles. The summed E-state index contributed by atoms with van der Waals surface area (Å²) in [5, 5.41) is 9.88. The van der Waals surface area contributed by atoms with E-state index in [1.54, 1.807) is 29.4 Å². The number of carboxylic acid groups (broad SMARTS) is 1. The summed E-state index contributed by atoms with van der Waals surface area (Å²) in [6.07, 6.45) is 3.07. The van der Waals surface area contributed by atoms with Crippen molar-refractivity contribution in [1.29, 1.82) is 0 Å². The van der Waals surface area contributed by atoms with Crippen LogP contribution < -0.4 is 0 Å². The Kier molecular flexibility index (Phi) is 4.16. The molecular weight excluding hydrogens is 332 g/mol. The van der Waals surface area contributed by atoms with Gasteiger partial charge < -0.3 is 14.4 Å². The Labute approximate surface area is 150 Å². The molecule has 0 saturated carbocycles. The van der Waals surface area contributed by atoms with Crippen molar-refractivity contribution in [3.63, 3.8) is 0 Å². The number of hydrogen-bond donors (Lipinski definition) is 1. The van der Waals surface area contributed by atoms with Crippen molar-refractivity contribution in [2.24, 2.45) is 0 Å². The van der Waals surface area contributed by atoms with Crippen LogP contribution in [0.3, 0.4) is 0 Å². The number of benzene rings is 1. The van der Waals surface area contributed by atoms with E-state index in [0.29, 0.717) is 35.5 Å². The van der Waals surface area contributed by atoms with E-state index in [0.717, 1.165) is 11.8 Å². The number of fused-ring (bicyclic) bond motifs is 1. The van der Waals surface area contributed by atoms with Gasteiger partial charge >= 0.3 is 5.97 Å². The summed E-state index contributed by atoms with van der Waals surface area (Å²) in [5.74, 6) is -0.445. The highest BCUT2D eigenvalue weighted by Crippen LogP contribution is 2.29. The van der Waals surface area contributed by atoms with Gasteiger partial charge in [0.1, 0.15) is 5.69 Å². The molecule has 6 heteroatoms. The number of nitrogens with zero attached hydrogens (tertiary/aromatic N) is 2. The number of rotatable bonds is 4. The number of carboxylic acids is 1. The van der Waals surface area contributed by atoms with Gasteiger partial charge in [-0.2, -0.15) is 0 Å². The first-order chi connectivity index (χ1) is 12.6. The van der Waals surface area contributed by atoms with E-state index in [9.17, 15) is 9.59 Å². The molecule has 0 aliphatic carbocycles. The van der Waals surface area contributed by atoms with Gasteiger partial charge in [-0.3, -0.25) is 9.59 Å². The second-order valence-electron chi connectivity index (χ2n) is 6.44. The van der Waals surface area contributed by atoms with Crippen LogP contribution in [0.1, 0.15) is 29.6 Å². The number of amides is 1. The van der Waals surface area contributed by atoms with E-state index in [1.807, 2.05) is 24.3 Å². The van der Waals surface area contributed by atoms with Gasteiger partial charge in [0.05, 0.1) is 23.8 Å². The summed E-state index contributed by atoms with van der Waals surface area (Å²) in [6, 6.07) is 12.5. The largest absolute Gasteiger partial charge is 0.481 e. The molecule has 0 spiro atoms. The first-order valence-corrected chi connectivity index (χ1v) is 8.60. The summed E-state index contributed by atoms with van der Waals surface area (Å²) in [6.45, 7) is 0.573. The molecule has 0 radical (unpaired) electrons. The Bertz CT molecular complexity index is 965. The van der Waals surface area contributed by atoms with E-state index in [4.69, 9.17) is 9.52 Å². The quantitative estimate of drug-likeness (QED) is 0.777. The number of para-hydroxylation sites is 1. The van der Waals surface area contributed by atoms with Crippen LogP contribution in [0, 0.1) is 0 Å². The highest BCUT2D eigenvalue weighted by Gasteiger charge is 2.32. The molecule has 3 aromatic rings. The Hall–Kier alpha value is -3.15. The molecule has 4 rings (SSSR count). The van der Waals surface area contributed by atoms with Gasteiger partial charge in [-0.05, 0) is 37.1 Å². The molecule has 1 aliphatic heterocycles. The average molecular weight is 350 g/mol. The van der Waals surface area contributed by atoms with E-state index < -0.39 is 5.97 Å². The zero-order valence-electron chi connectivity index (χ0n) is 14.1. The van der Waals surface area contributed by atoms with Crippen molar-refractivity contribution in [1.82, 2.24) is 9.88 Å². The summed E-state index contributed by atoms with van der Waals surface area (Å²) < 4.78 is 5.44. The zero-order valence-corrected chi connectivity index (χ0v) is 14.1. The molecule has 1 aliphatic rings. The Morgan fingerprint density at radius 1 is 1.23 bits per heavy atom. The summed E-state index contributed by atoms with van der Waals surface area (Å²) in [5.41, 5.74) is 1.82. The van der Waals surface area contributed by atoms with Crippen LogP contribution in [0.4, 0.5) is 0 Å². The standard InChI is InChI=1S/C20H18N2O4/c23-19(24)11-13-5-3-9-22(13)20(25)15-12-17(18-8-4-10-26-18)21-16-7-2-1-6-14(15)16/h1-2,4,6-8,10,12-13H,3,5,9,11H2,(H,23,24). The van der Waals surface area contributed by atoms with Crippen molar-refractivity contribution in [3.8, 4) is 11.5 Å². The summed E-state index contributed by atoms with van der Waals surface area (Å²) >= 11 is 0. The molecule has 2 aromatic heterocycles. The molecule has 1 N–H and O–H groups in total. The van der Waals surface area contributed by atoms with Gasteiger partial charge in [-0.25, -0.2) is 4.98 Å². The lowest BCUT2D eigenvalue weighted by molar-refractivity contribution is -0.137. The van der Waals surface area contributed by atoms with Crippen molar-refractivity contribution >= 4 is 22.8 Å². The predicted octanol–water partition coefficient (Wildman–Crippen LogP) is 3.57. The normalized spacial score (nSPS) is 16.9. The van der Waals surface area contributed by atoms with E-state index >= 15 is 0 Å². The van der Waals surface area contributed by atoms with Gasteiger partial charge in [0.15, 0.2) is 5.76 Å². The van der Waals surface area contributed by atoms with Crippen LogP contribution in [-0.2, 0) is 4.79 Å². The number of aromatic nitrogens is 1. The molecule has 1 fully saturated rings. The number of aliphatic carboxylic acids is 1. The fraction of sp³-hybridized carbons (Fsp3) is 0.250. The highest BCUT2D eigenvalue weighted by atomic mass is 16.4. The van der Waals surface area contributed by atoms with Crippen LogP contribution in [0.5, 0.6) is 0 Å². The summed E-state index contributed by atoms with van der Waals surface area (Å²) in [4.78, 5) is 30.6. The highest BCUT2D eigenvalue weighted by molar-refractivity contribution is 6.07. The Morgan fingerprint density at radius 3 is 2.85 bits per heavy atom. The van der Waals surface area contributed by atoms with E-state index in [2.05, 4.69) is 4.98 Å². The first-order valence-electron chi connectivity index (χ1n) is 8.60. The fourth-order valence-corrected chi connectivity index (χ4v) is 3.57. The number of carbonyl (C=O) groups excluding carboxylic acids is 1. The first kappa shape index (κ1) is 16.3. The molecule has 0 bridgehead atoms. The Balaban J connectivity index is 1.79. The van der Waals surface area contributed by atoms with E-state index in [-0.39, 0.29) is 18.4 Å². The number of likely N-dealkylation sites (tertiary alicyclic amines) is 1. The minimum atomic E-state index is -0.884. The Morgan fingerprint density at radius 2 is 2.08 bits per heavy atom. The van der Waals surface area contributed by atoms with Crippen LogP contribution in [0.2, 0.25) is 0 Å². The molecule has 26 heavy (non-hydrogen) atoms. The SMILES string of the molecule is O=C(O)CC1CCCN1C(=O)c1cc(-c2ccco2)nc2ccccc12. The van der Waals surface area contributed by atoms with Gasteiger partial charge in [-0.15, -0.1) is 0 Å². The minimum absolute atomic E-state index is 0.0280. The number of pyridine rings is 1. The molecule has 1 saturated heterocycles. The lowest BCUT2D eigenvalue weighted by Gasteiger charge is -2.24. The lowest BCUT2D eigenvalue weighted by atomic mass is 10.0. The van der Waals surface area contributed by atoms with Gasteiger partial charge in [-0.1, -0.05) is 18.2 Å². The maximum absolute atomic E-state index is 13.2. The summed E-state index contributed by atoms with van der Waals surface area (Å²) in [7, 11) is 0. The van der Waals surface area contributed by atoms with Crippen LogP contribution in [0.25, 0.3) is 22.4 Å². The smallest absolute Gasteiger partial charge is 0.305 e. The van der Waals surface area contributed by atoms with E-state index in [1.165, 1.54) is 0 Å². The predicted molar refractivity (Wildman–Crippen MR) is 95.8 cm³/mol. The molecule has 1 amide bonds. The van der Waals surface area contributed by atoms with Gasteiger partial charge in [0.2, 0.25) is 0 Å². The molecule has 132 valence electrons. The average Bonchev–Trinajstić information content (AvgIpc) is 3.31. The second kappa shape index (κ2) is 6.63. The van der Waals surface area contributed by atoms with Crippen molar-refractivity contribution in [2.45, 2.75) is 25.3 Å². The van der Waals surface area contributed by atoms with Gasteiger partial charge in [0.25, 0.3) is 5.91 Å². The third kappa shape index (κ3) is 2.94. The molecule has 1 unspecified atom stereocenters. The van der Waals surface area contributed by atoms with Crippen molar-refractivity contribution in [3.05, 3.63) is 54.3 Å². The monoisotopic (exact) mass is 350 g/mol. The van der Waals surface area contributed by atoms with Crippen LogP contribution in [0.15, 0.2) is 53.1 Å². The molecule has 3 heterocycles. The maximum Gasteiger partial charge on any atom is 0.305 e. The fourth-order valence-electron chi connectivity index (χ4n) is 3.57.